The van der Waals surface area contributed by atoms with Gasteiger partial charge < -0.3 is 28.4 Å². The number of hydrogen-bond acceptors (Lipinski definition) is 7. The van der Waals surface area contributed by atoms with Crippen molar-refractivity contribution in [1.29, 1.82) is 0 Å². The molecule has 0 saturated carbocycles. The Balaban J connectivity index is 1.51. The zero-order chi connectivity index (χ0) is 36.3. The maximum absolute atomic E-state index is 14.6. The molecule has 8 heteroatoms. The maximum Gasteiger partial charge on any atom is 0.354 e. The van der Waals surface area contributed by atoms with Crippen LogP contribution in [0.3, 0.4) is 0 Å². The van der Waals surface area contributed by atoms with Gasteiger partial charge in [0.2, 0.25) is 0 Å². The number of rotatable bonds is 22. The zero-order valence-electron chi connectivity index (χ0n) is 29.7. The Morgan fingerprint density at radius 3 is 1.23 bits per heavy atom. The second-order valence-corrected chi connectivity index (χ2v) is 14.4. The molecule has 0 saturated heterocycles. The molecule has 5 rings (SSSR count). The lowest BCUT2D eigenvalue weighted by molar-refractivity contribution is -0.159. The van der Waals surface area contributed by atoms with Crippen molar-refractivity contribution in [2.75, 3.05) is 6.61 Å². The lowest BCUT2D eigenvalue weighted by atomic mass is 9.92. The molecule has 0 radical (unpaired) electrons. The van der Waals surface area contributed by atoms with Crippen molar-refractivity contribution in [3.8, 4) is 0 Å². The van der Waals surface area contributed by atoms with Gasteiger partial charge in [0.1, 0.15) is 12.2 Å². The zero-order valence-corrected chi connectivity index (χ0v) is 30.6. The highest BCUT2D eigenvalue weighted by molar-refractivity contribution is 7.57. The number of benzene rings is 5. The van der Waals surface area contributed by atoms with Gasteiger partial charge in [0.15, 0.2) is 0 Å². The van der Waals surface area contributed by atoms with E-state index in [-0.39, 0.29) is 39.0 Å². The molecule has 272 valence electrons. The van der Waals surface area contributed by atoms with E-state index in [0.29, 0.717) is 13.0 Å². The van der Waals surface area contributed by atoms with Gasteiger partial charge in [-0.05, 0) is 40.3 Å². The van der Waals surface area contributed by atoms with Crippen molar-refractivity contribution >= 4 is 7.60 Å². The normalized spacial score (nSPS) is 14.2. The summed E-state index contributed by atoms with van der Waals surface area (Å²) in [5.41, 5.74) is 4.65. The Labute approximate surface area is 308 Å². The number of hydrogen-bond donors (Lipinski definition) is 1. The largest absolute Gasteiger partial charge is 0.396 e. The molecule has 0 aliphatic heterocycles. The first kappa shape index (κ1) is 39.0. The summed E-state index contributed by atoms with van der Waals surface area (Å²) in [6, 6.07) is 48.8. The third-order valence-electron chi connectivity index (χ3n) is 8.69. The Morgan fingerprint density at radius 2 is 0.865 bits per heavy atom. The van der Waals surface area contributed by atoms with E-state index >= 15 is 0 Å². The molecule has 0 heterocycles. The van der Waals surface area contributed by atoms with Gasteiger partial charge in [-0.15, -0.1) is 0 Å². The second-order valence-electron chi connectivity index (χ2n) is 12.5. The molecular formula is C44H49O7P. The number of ether oxygens (including phenoxy) is 3. The summed E-state index contributed by atoms with van der Waals surface area (Å²) < 4.78 is 46.8. The molecule has 7 nitrogen and oxygen atoms in total. The third-order valence-corrected chi connectivity index (χ3v) is 10.2. The Morgan fingerprint density at radius 1 is 0.519 bits per heavy atom. The third kappa shape index (κ3) is 12.8. The predicted octanol–water partition coefficient (Wildman–Crippen LogP) is 9.90. The first-order valence-electron chi connectivity index (χ1n) is 17.8. The van der Waals surface area contributed by atoms with Crippen LogP contribution in [0.2, 0.25) is 0 Å². The highest BCUT2D eigenvalue weighted by atomic mass is 31.2. The minimum atomic E-state index is -3.85. The molecule has 5 aromatic rings. The average molecular weight is 721 g/mol. The lowest BCUT2D eigenvalue weighted by Gasteiger charge is -2.36. The molecule has 0 fully saturated rings. The first-order valence-corrected chi connectivity index (χ1v) is 19.4. The first-order chi connectivity index (χ1) is 25.5. The van der Waals surface area contributed by atoms with Crippen LogP contribution >= 0.6 is 7.60 Å². The van der Waals surface area contributed by atoms with E-state index in [9.17, 15) is 9.67 Å². The lowest BCUT2D eigenvalue weighted by Crippen LogP contribution is -2.46. The molecule has 4 atom stereocenters. The Kier molecular flexibility index (Phi) is 16.1. The fraction of sp³-hybridized carbons (Fsp3) is 0.273. The van der Waals surface area contributed by atoms with Crippen molar-refractivity contribution < 1.29 is 32.9 Å². The molecule has 5 aromatic carbocycles. The summed E-state index contributed by atoms with van der Waals surface area (Å²) in [4.78, 5) is 0. The van der Waals surface area contributed by atoms with Crippen molar-refractivity contribution in [3.05, 3.63) is 191 Å². The van der Waals surface area contributed by atoms with Crippen LogP contribution in [0.15, 0.2) is 164 Å². The second kappa shape index (κ2) is 21.4. The van der Waals surface area contributed by atoms with Gasteiger partial charge in [0.05, 0.1) is 39.1 Å². The van der Waals surface area contributed by atoms with Crippen LogP contribution in [0.25, 0.3) is 0 Å². The standard InChI is InChI=1S/C44H49O7P/c1-2-41(30-45)43(48-32-37-20-10-4-11-21-37)44(49-33-38-22-12-5-13-23-38)42(47-31-36-18-8-3-9-19-36)28-29-52(46,50-34-39-24-14-6-15-25-39)51-35-40-26-16-7-17-27-40/h3-29,41-45H,2,30-35H2,1H3/b29-28+/t41?,42-,43+,44-/m1/s1. The Hall–Kier alpha value is -4.17. The summed E-state index contributed by atoms with van der Waals surface area (Å²) in [6.07, 6.45) is 0.254. The van der Waals surface area contributed by atoms with Crippen molar-refractivity contribution in [2.45, 2.75) is 64.7 Å². The molecule has 0 spiro atoms. The highest BCUT2D eigenvalue weighted by Crippen LogP contribution is 2.51. The van der Waals surface area contributed by atoms with Gasteiger partial charge in [-0.25, -0.2) is 0 Å². The van der Waals surface area contributed by atoms with Gasteiger partial charge >= 0.3 is 7.60 Å². The fourth-order valence-corrected chi connectivity index (χ4v) is 6.98. The van der Waals surface area contributed by atoms with E-state index in [1.54, 1.807) is 6.08 Å². The minimum Gasteiger partial charge on any atom is -0.396 e. The predicted molar refractivity (Wildman–Crippen MR) is 205 cm³/mol. The van der Waals surface area contributed by atoms with Crippen molar-refractivity contribution in [2.24, 2.45) is 5.92 Å². The summed E-state index contributed by atoms with van der Waals surface area (Å²) >= 11 is 0. The molecule has 0 aliphatic rings. The van der Waals surface area contributed by atoms with E-state index in [4.69, 9.17) is 23.3 Å². The van der Waals surface area contributed by atoms with Gasteiger partial charge in [-0.2, -0.15) is 0 Å². The number of aliphatic hydroxyl groups excluding tert-OH is 1. The van der Waals surface area contributed by atoms with Crippen LogP contribution in [-0.2, 0) is 60.9 Å². The average Bonchev–Trinajstić information content (AvgIpc) is 3.21. The van der Waals surface area contributed by atoms with Crippen LogP contribution < -0.4 is 0 Å². The topological polar surface area (TPSA) is 83.5 Å². The van der Waals surface area contributed by atoms with E-state index < -0.39 is 25.9 Å². The van der Waals surface area contributed by atoms with Crippen LogP contribution in [0, 0.1) is 5.92 Å². The molecular weight excluding hydrogens is 671 g/mol. The SMILES string of the molecule is CCC(CO)[C@H](OCc1ccccc1)[C@H](OCc1ccccc1)[C@@H](/C=C/P(=O)(OCc1ccccc1)OCc1ccccc1)OCc1ccccc1. The van der Waals surface area contributed by atoms with Crippen molar-refractivity contribution in [3.63, 3.8) is 0 Å². The molecule has 1 N–H and O–H groups in total. The molecule has 0 aromatic heterocycles. The minimum absolute atomic E-state index is 0.0892. The summed E-state index contributed by atoms with van der Waals surface area (Å²) in [5.74, 6) is 1.21. The quantitative estimate of drug-likeness (QED) is 0.0713. The molecule has 0 amide bonds. The fourth-order valence-electron chi connectivity index (χ4n) is 5.69. The van der Waals surface area contributed by atoms with Crippen LogP contribution in [0.1, 0.15) is 41.2 Å². The number of aliphatic hydroxyl groups is 1. The van der Waals surface area contributed by atoms with Crippen molar-refractivity contribution in [1.82, 2.24) is 0 Å². The van der Waals surface area contributed by atoms with Gasteiger partial charge in [0.25, 0.3) is 0 Å². The summed E-state index contributed by atoms with van der Waals surface area (Å²) in [5, 5.41) is 10.7. The molecule has 0 aliphatic carbocycles. The molecule has 52 heavy (non-hydrogen) atoms. The van der Waals surface area contributed by atoms with Gasteiger partial charge in [-0.3, -0.25) is 4.57 Å². The highest BCUT2D eigenvalue weighted by Gasteiger charge is 2.37. The van der Waals surface area contributed by atoms with Gasteiger partial charge in [-0.1, -0.05) is 159 Å². The monoisotopic (exact) mass is 720 g/mol. The van der Waals surface area contributed by atoms with E-state index in [1.165, 1.54) is 5.82 Å². The van der Waals surface area contributed by atoms with E-state index in [2.05, 4.69) is 0 Å². The van der Waals surface area contributed by atoms with Crippen LogP contribution in [-0.4, -0.2) is 30.0 Å². The molecule has 0 bridgehead atoms. The van der Waals surface area contributed by atoms with Crippen LogP contribution in [0.5, 0.6) is 0 Å². The van der Waals surface area contributed by atoms with Gasteiger partial charge in [0, 0.05) is 18.3 Å². The molecule has 1 unspecified atom stereocenters. The van der Waals surface area contributed by atoms with E-state index in [0.717, 1.165) is 27.8 Å². The summed E-state index contributed by atoms with van der Waals surface area (Å²) in [7, 11) is -3.85. The maximum atomic E-state index is 14.6. The smallest absolute Gasteiger partial charge is 0.354 e. The Bertz CT molecular complexity index is 1700. The van der Waals surface area contributed by atoms with Crippen LogP contribution in [0.4, 0.5) is 0 Å². The summed E-state index contributed by atoms with van der Waals surface area (Å²) in [6.45, 7) is 2.91. The van der Waals surface area contributed by atoms with E-state index in [1.807, 2.05) is 159 Å².